The summed E-state index contributed by atoms with van der Waals surface area (Å²) in [6, 6.07) is 14.7. The second-order valence-corrected chi connectivity index (χ2v) is 9.00. The number of hydrogen-bond donors (Lipinski definition) is 1. The molecule has 9 heteroatoms. The SMILES string of the molecule is O=C(CSc1nc2ccccc2c(=O)n1CC1COc2ccccc2O1)NCC1CCCO1. The standard InChI is InChI=1S/C24H25N3O5S/c28-22(25-12-16-6-5-11-30-16)15-33-24-26-19-8-2-1-7-18(19)23(29)27(24)13-17-14-31-20-9-3-4-10-21(20)32-17/h1-4,7-10,16-17H,5-6,11-15H2,(H,25,28). The summed E-state index contributed by atoms with van der Waals surface area (Å²) in [5.41, 5.74) is 0.442. The van der Waals surface area contributed by atoms with E-state index in [1.807, 2.05) is 36.4 Å². The van der Waals surface area contributed by atoms with Gasteiger partial charge in [-0.15, -0.1) is 0 Å². The Morgan fingerprint density at radius 2 is 1.94 bits per heavy atom. The molecule has 3 heterocycles. The average Bonchev–Trinajstić information content (AvgIpc) is 3.37. The van der Waals surface area contributed by atoms with Gasteiger partial charge in [0.1, 0.15) is 6.61 Å². The summed E-state index contributed by atoms with van der Waals surface area (Å²) < 4.78 is 19.0. The average molecular weight is 468 g/mol. The molecule has 5 rings (SSSR count). The Bertz CT molecular complexity index is 1210. The van der Waals surface area contributed by atoms with E-state index in [-0.39, 0.29) is 36.0 Å². The number of ether oxygens (including phenoxy) is 3. The molecule has 0 radical (unpaired) electrons. The van der Waals surface area contributed by atoms with E-state index in [1.54, 1.807) is 16.7 Å². The Hall–Kier alpha value is -3.04. The third kappa shape index (κ3) is 4.99. The molecule has 172 valence electrons. The van der Waals surface area contributed by atoms with Crippen LogP contribution >= 0.6 is 11.8 Å². The van der Waals surface area contributed by atoms with Crippen molar-refractivity contribution in [2.24, 2.45) is 0 Å². The van der Waals surface area contributed by atoms with E-state index in [9.17, 15) is 9.59 Å². The number of carbonyl (C=O) groups excluding carboxylic acids is 1. The van der Waals surface area contributed by atoms with Crippen molar-refractivity contribution in [1.82, 2.24) is 14.9 Å². The van der Waals surface area contributed by atoms with Crippen LogP contribution in [0.2, 0.25) is 0 Å². The Morgan fingerprint density at radius 3 is 2.79 bits per heavy atom. The molecule has 2 atom stereocenters. The van der Waals surface area contributed by atoms with E-state index in [1.165, 1.54) is 11.8 Å². The third-order valence-corrected chi connectivity index (χ3v) is 6.64. The predicted molar refractivity (Wildman–Crippen MR) is 125 cm³/mol. The first-order chi connectivity index (χ1) is 16.2. The summed E-state index contributed by atoms with van der Waals surface area (Å²) in [7, 11) is 0. The number of benzene rings is 2. The van der Waals surface area contributed by atoms with Crippen molar-refractivity contribution < 1.29 is 19.0 Å². The van der Waals surface area contributed by atoms with E-state index in [0.717, 1.165) is 19.4 Å². The molecule has 8 nitrogen and oxygen atoms in total. The zero-order valence-electron chi connectivity index (χ0n) is 18.1. The zero-order valence-corrected chi connectivity index (χ0v) is 18.9. The quantitative estimate of drug-likeness (QED) is 0.422. The Labute approximate surface area is 195 Å². The third-order valence-electron chi connectivity index (χ3n) is 5.66. The molecule has 2 aliphatic heterocycles. The van der Waals surface area contributed by atoms with Crippen molar-refractivity contribution in [1.29, 1.82) is 0 Å². The highest BCUT2D eigenvalue weighted by atomic mass is 32.2. The van der Waals surface area contributed by atoms with Crippen LogP contribution in [0.5, 0.6) is 11.5 Å². The normalized spacial score (nSPS) is 19.5. The number of amides is 1. The van der Waals surface area contributed by atoms with E-state index in [2.05, 4.69) is 10.3 Å². The van der Waals surface area contributed by atoms with Crippen LogP contribution < -0.4 is 20.3 Å². The van der Waals surface area contributed by atoms with Crippen LogP contribution in [0.1, 0.15) is 12.8 Å². The van der Waals surface area contributed by atoms with Crippen LogP contribution in [0.25, 0.3) is 10.9 Å². The van der Waals surface area contributed by atoms with Crippen LogP contribution in [0.3, 0.4) is 0 Å². The summed E-state index contributed by atoms with van der Waals surface area (Å²) in [5.74, 6) is 1.38. The van der Waals surface area contributed by atoms with Gasteiger partial charge in [-0.05, 0) is 37.1 Å². The first kappa shape index (κ1) is 21.8. The molecule has 2 unspecified atom stereocenters. The van der Waals surface area contributed by atoms with Crippen molar-refractivity contribution >= 4 is 28.6 Å². The number of hydrogen-bond acceptors (Lipinski definition) is 7. The van der Waals surface area contributed by atoms with Crippen LogP contribution in [0.4, 0.5) is 0 Å². The van der Waals surface area contributed by atoms with Gasteiger partial charge in [-0.2, -0.15) is 0 Å². The van der Waals surface area contributed by atoms with Gasteiger partial charge in [0.15, 0.2) is 22.8 Å². The number of rotatable bonds is 7. The van der Waals surface area contributed by atoms with Gasteiger partial charge in [-0.3, -0.25) is 14.2 Å². The topological polar surface area (TPSA) is 91.7 Å². The highest BCUT2D eigenvalue weighted by Crippen LogP contribution is 2.31. The second kappa shape index (κ2) is 9.84. The van der Waals surface area contributed by atoms with Gasteiger partial charge >= 0.3 is 0 Å². The van der Waals surface area contributed by atoms with Crippen molar-refractivity contribution in [3.05, 3.63) is 58.9 Å². The molecule has 0 saturated carbocycles. The van der Waals surface area contributed by atoms with E-state index in [4.69, 9.17) is 14.2 Å². The highest BCUT2D eigenvalue weighted by Gasteiger charge is 2.24. The molecule has 1 aromatic heterocycles. The molecule has 1 amide bonds. The van der Waals surface area contributed by atoms with Crippen LogP contribution in [0.15, 0.2) is 58.5 Å². The number of nitrogens with zero attached hydrogens (tertiary/aromatic N) is 2. The number of para-hydroxylation sites is 3. The molecule has 33 heavy (non-hydrogen) atoms. The lowest BCUT2D eigenvalue weighted by molar-refractivity contribution is -0.119. The van der Waals surface area contributed by atoms with Gasteiger partial charge in [0.2, 0.25) is 5.91 Å². The maximum absolute atomic E-state index is 13.3. The lowest BCUT2D eigenvalue weighted by atomic mass is 10.2. The molecular formula is C24H25N3O5S. The Balaban J connectivity index is 1.34. The molecule has 1 saturated heterocycles. The Kier molecular flexibility index (Phi) is 6.50. The molecule has 0 bridgehead atoms. The molecule has 3 aromatic rings. The van der Waals surface area contributed by atoms with Gasteiger partial charge < -0.3 is 19.5 Å². The zero-order chi connectivity index (χ0) is 22.6. The van der Waals surface area contributed by atoms with Crippen molar-refractivity contribution in [3.63, 3.8) is 0 Å². The Morgan fingerprint density at radius 1 is 1.12 bits per heavy atom. The number of nitrogens with one attached hydrogen (secondary N) is 1. The number of thioether (sulfide) groups is 1. The monoisotopic (exact) mass is 467 g/mol. The molecule has 2 aliphatic rings. The first-order valence-corrected chi connectivity index (χ1v) is 12.0. The number of aromatic nitrogens is 2. The van der Waals surface area contributed by atoms with Gasteiger partial charge in [-0.25, -0.2) is 4.98 Å². The van der Waals surface area contributed by atoms with E-state index in [0.29, 0.717) is 40.7 Å². The molecule has 1 N–H and O–H groups in total. The van der Waals surface area contributed by atoms with E-state index >= 15 is 0 Å². The molecule has 0 spiro atoms. The minimum atomic E-state index is -0.353. The highest BCUT2D eigenvalue weighted by molar-refractivity contribution is 7.99. The smallest absolute Gasteiger partial charge is 0.262 e. The summed E-state index contributed by atoms with van der Waals surface area (Å²) in [4.78, 5) is 30.4. The van der Waals surface area contributed by atoms with Gasteiger partial charge in [0, 0.05) is 13.2 Å². The van der Waals surface area contributed by atoms with Crippen molar-refractivity contribution in [2.45, 2.75) is 36.8 Å². The summed E-state index contributed by atoms with van der Waals surface area (Å²) in [5, 5.41) is 3.92. The van der Waals surface area contributed by atoms with Gasteiger partial charge in [-0.1, -0.05) is 36.0 Å². The fraction of sp³-hybridized carbons (Fsp3) is 0.375. The second-order valence-electron chi connectivity index (χ2n) is 8.05. The van der Waals surface area contributed by atoms with Crippen LogP contribution in [0, 0.1) is 0 Å². The summed E-state index contributed by atoms with van der Waals surface area (Å²) >= 11 is 1.24. The van der Waals surface area contributed by atoms with Gasteiger partial charge in [0.25, 0.3) is 5.56 Å². The maximum Gasteiger partial charge on any atom is 0.262 e. The van der Waals surface area contributed by atoms with Crippen molar-refractivity contribution in [2.75, 3.05) is 25.5 Å². The van der Waals surface area contributed by atoms with Crippen LogP contribution in [-0.2, 0) is 16.1 Å². The summed E-state index contributed by atoms with van der Waals surface area (Å²) in [6.07, 6.45) is 1.72. The summed E-state index contributed by atoms with van der Waals surface area (Å²) in [6.45, 7) is 1.84. The molecular weight excluding hydrogens is 442 g/mol. The maximum atomic E-state index is 13.3. The van der Waals surface area contributed by atoms with Crippen molar-refractivity contribution in [3.8, 4) is 11.5 Å². The molecule has 2 aromatic carbocycles. The lowest BCUT2D eigenvalue weighted by Crippen LogP contribution is -2.38. The largest absolute Gasteiger partial charge is 0.486 e. The van der Waals surface area contributed by atoms with E-state index < -0.39 is 0 Å². The first-order valence-electron chi connectivity index (χ1n) is 11.1. The molecule has 1 fully saturated rings. The van der Waals surface area contributed by atoms with Gasteiger partial charge in [0.05, 0.1) is 29.3 Å². The predicted octanol–water partition coefficient (Wildman–Crippen LogP) is 2.62. The fourth-order valence-corrected chi connectivity index (χ4v) is 4.83. The minimum Gasteiger partial charge on any atom is -0.486 e. The fourth-order valence-electron chi connectivity index (χ4n) is 3.99. The lowest BCUT2D eigenvalue weighted by Gasteiger charge is -2.27. The van der Waals surface area contributed by atoms with Crippen LogP contribution in [-0.4, -0.2) is 53.2 Å². The molecule has 0 aliphatic carbocycles. The minimum absolute atomic E-state index is 0.0854. The number of carbonyl (C=O) groups is 1. The number of fused-ring (bicyclic) bond motifs is 2.